The van der Waals surface area contributed by atoms with Gasteiger partial charge in [-0.2, -0.15) is 0 Å². The average molecular weight is 466 g/mol. The van der Waals surface area contributed by atoms with Crippen LogP contribution in [-0.2, 0) is 0 Å². The van der Waals surface area contributed by atoms with Gasteiger partial charge in [0.25, 0.3) is 11.8 Å². The van der Waals surface area contributed by atoms with Crippen molar-refractivity contribution in [3.05, 3.63) is 64.7 Å². The van der Waals surface area contributed by atoms with Crippen molar-refractivity contribution >= 4 is 23.2 Å². The van der Waals surface area contributed by atoms with Crippen LogP contribution in [0, 0.1) is 6.92 Å². The van der Waals surface area contributed by atoms with Crippen LogP contribution in [-0.4, -0.2) is 66.5 Å². The minimum absolute atomic E-state index is 0.0492. The summed E-state index contributed by atoms with van der Waals surface area (Å²) < 4.78 is 10.8. The zero-order chi connectivity index (χ0) is 23.4. The molecule has 2 heterocycles. The highest BCUT2D eigenvalue weighted by Crippen LogP contribution is 2.27. The predicted molar refractivity (Wildman–Crippen MR) is 128 cm³/mol. The molecule has 0 spiro atoms. The van der Waals surface area contributed by atoms with Crippen molar-refractivity contribution in [2.75, 3.05) is 39.9 Å². The third kappa shape index (κ3) is 5.01. The Hall–Kier alpha value is -3.39. The topological polar surface area (TPSA) is 72.0 Å². The first-order valence-electron chi connectivity index (χ1n) is 10.9. The fourth-order valence-corrected chi connectivity index (χ4v) is 4.58. The average Bonchev–Trinajstić information content (AvgIpc) is 3.34. The van der Waals surface area contributed by atoms with Crippen LogP contribution in [0.1, 0.15) is 33.3 Å². The van der Waals surface area contributed by atoms with E-state index in [1.807, 2.05) is 50.2 Å². The van der Waals surface area contributed by atoms with Gasteiger partial charge >= 0.3 is 0 Å². The molecule has 1 fully saturated rings. The third-order valence-corrected chi connectivity index (χ3v) is 6.54. The Morgan fingerprint density at radius 3 is 2.30 bits per heavy atom. The fraction of sp³-hybridized carbons (Fsp3) is 0.320. The van der Waals surface area contributed by atoms with Gasteiger partial charge in [0.1, 0.15) is 22.2 Å². The molecule has 1 aliphatic heterocycles. The van der Waals surface area contributed by atoms with E-state index in [-0.39, 0.29) is 11.8 Å². The molecule has 1 aromatic heterocycles. The van der Waals surface area contributed by atoms with Crippen LogP contribution >= 0.6 is 11.3 Å². The third-order valence-electron chi connectivity index (χ3n) is 5.64. The quantitative estimate of drug-likeness (QED) is 0.548. The lowest BCUT2D eigenvalue weighted by molar-refractivity contribution is 0.0532. The predicted octanol–water partition coefficient (Wildman–Crippen LogP) is 4.12. The maximum Gasteiger partial charge on any atom is 0.273 e. The number of carbonyl (C=O) groups is 2. The molecule has 0 bridgehead atoms. The molecule has 2 amide bonds. The second-order valence-electron chi connectivity index (χ2n) is 7.76. The van der Waals surface area contributed by atoms with E-state index in [1.54, 1.807) is 28.4 Å². The van der Waals surface area contributed by atoms with Crippen molar-refractivity contribution in [3.8, 4) is 22.1 Å². The summed E-state index contributed by atoms with van der Waals surface area (Å²) in [5, 5.41) is 2.59. The summed E-state index contributed by atoms with van der Waals surface area (Å²) in [6.07, 6.45) is 0. The standard InChI is InChI=1S/C25H27N3O4S/c1-4-32-20-9-7-18(8-10-20)23-26-21(16-33-23)25(30)28-13-11-27(12-14-28)24(29)19-6-5-17(2)22(15-19)31-3/h5-10,15-16H,4,11-14H2,1-3H3. The maximum atomic E-state index is 13.0. The number of hydrogen-bond donors (Lipinski definition) is 0. The van der Waals surface area contributed by atoms with Crippen LogP contribution in [0.25, 0.3) is 10.6 Å². The molecule has 4 rings (SSSR count). The van der Waals surface area contributed by atoms with Crippen molar-refractivity contribution < 1.29 is 19.1 Å². The summed E-state index contributed by atoms with van der Waals surface area (Å²) in [7, 11) is 1.60. The summed E-state index contributed by atoms with van der Waals surface area (Å²) >= 11 is 1.45. The van der Waals surface area contributed by atoms with Gasteiger partial charge in [0.15, 0.2) is 0 Å². The van der Waals surface area contributed by atoms with Gasteiger partial charge in [-0.3, -0.25) is 9.59 Å². The van der Waals surface area contributed by atoms with Crippen molar-refractivity contribution in [2.45, 2.75) is 13.8 Å². The molecular weight excluding hydrogens is 438 g/mol. The van der Waals surface area contributed by atoms with Gasteiger partial charge in [-0.1, -0.05) is 6.07 Å². The second kappa shape index (κ2) is 10.0. The number of aryl methyl sites for hydroxylation is 1. The number of nitrogens with zero attached hydrogens (tertiary/aromatic N) is 3. The summed E-state index contributed by atoms with van der Waals surface area (Å²) in [6, 6.07) is 13.2. The van der Waals surface area contributed by atoms with Gasteiger partial charge in [0, 0.05) is 42.7 Å². The lowest BCUT2D eigenvalue weighted by atomic mass is 10.1. The molecule has 0 aliphatic carbocycles. The molecular formula is C25H27N3O4S. The highest BCUT2D eigenvalue weighted by Gasteiger charge is 2.27. The number of aromatic nitrogens is 1. The van der Waals surface area contributed by atoms with Gasteiger partial charge < -0.3 is 19.3 Å². The molecule has 0 N–H and O–H groups in total. The van der Waals surface area contributed by atoms with Crippen molar-refractivity contribution in [1.29, 1.82) is 0 Å². The SMILES string of the molecule is CCOc1ccc(-c2nc(C(=O)N3CCN(C(=O)c4ccc(C)c(OC)c4)CC3)cs2)cc1. The Bertz CT molecular complexity index is 1130. The van der Waals surface area contributed by atoms with E-state index in [4.69, 9.17) is 9.47 Å². The molecule has 2 aromatic carbocycles. The Balaban J connectivity index is 1.37. The van der Waals surface area contributed by atoms with Gasteiger partial charge in [0.2, 0.25) is 0 Å². The Morgan fingerprint density at radius 2 is 1.67 bits per heavy atom. The molecule has 0 saturated carbocycles. The van der Waals surface area contributed by atoms with Crippen molar-refractivity contribution in [1.82, 2.24) is 14.8 Å². The number of ether oxygens (including phenoxy) is 2. The Morgan fingerprint density at radius 1 is 1.00 bits per heavy atom. The van der Waals surface area contributed by atoms with Crippen LogP contribution < -0.4 is 9.47 Å². The fourth-order valence-electron chi connectivity index (χ4n) is 3.78. The number of piperazine rings is 1. The first-order chi connectivity index (χ1) is 16.0. The number of carbonyl (C=O) groups excluding carboxylic acids is 2. The molecule has 0 atom stereocenters. The molecule has 3 aromatic rings. The maximum absolute atomic E-state index is 13.0. The lowest BCUT2D eigenvalue weighted by Crippen LogP contribution is -2.50. The van der Waals surface area contributed by atoms with Crippen molar-refractivity contribution in [3.63, 3.8) is 0 Å². The lowest BCUT2D eigenvalue weighted by Gasteiger charge is -2.34. The van der Waals surface area contributed by atoms with E-state index in [0.717, 1.165) is 21.9 Å². The summed E-state index contributed by atoms with van der Waals surface area (Å²) in [6.45, 7) is 6.42. The van der Waals surface area contributed by atoms with Gasteiger partial charge in [-0.25, -0.2) is 4.98 Å². The molecule has 33 heavy (non-hydrogen) atoms. The molecule has 0 radical (unpaired) electrons. The molecule has 172 valence electrons. The van der Waals surface area contributed by atoms with E-state index in [9.17, 15) is 9.59 Å². The highest BCUT2D eigenvalue weighted by atomic mass is 32.1. The smallest absolute Gasteiger partial charge is 0.273 e. The molecule has 8 heteroatoms. The van der Waals surface area contributed by atoms with E-state index in [0.29, 0.717) is 49.8 Å². The number of thiazole rings is 1. The van der Waals surface area contributed by atoms with Crippen LogP contribution in [0.2, 0.25) is 0 Å². The normalized spacial score (nSPS) is 13.7. The largest absolute Gasteiger partial charge is 0.496 e. The van der Waals surface area contributed by atoms with Crippen LogP contribution in [0.5, 0.6) is 11.5 Å². The first kappa shape index (κ1) is 22.8. The van der Waals surface area contributed by atoms with Gasteiger partial charge in [-0.05, 0) is 55.8 Å². The van der Waals surface area contributed by atoms with Crippen LogP contribution in [0.4, 0.5) is 0 Å². The number of benzene rings is 2. The number of hydrogen-bond acceptors (Lipinski definition) is 6. The summed E-state index contributed by atoms with van der Waals surface area (Å²) in [5.41, 5.74) is 2.97. The molecule has 7 nitrogen and oxygen atoms in total. The number of methoxy groups -OCH3 is 1. The molecule has 1 aliphatic rings. The van der Waals surface area contributed by atoms with E-state index < -0.39 is 0 Å². The highest BCUT2D eigenvalue weighted by molar-refractivity contribution is 7.13. The van der Waals surface area contributed by atoms with Crippen molar-refractivity contribution in [2.24, 2.45) is 0 Å². The Kier molecular flexibility index (Phi) is 6.93. The van der Waals surface area contributed by atoms with Gasteiger partial charge in [-0.15, -0.1) is 11.3 Å². The van der Waals surface area contributed by atoms with E-state index >= 15 is 0 Å². The van der Waals surface area contributed by atoms with Gasteiger partial charge in [0.05, 0.1) is 13.7 Å². The summed E-state index contributed by atoms with van der Waals surface area (Å²) in [4.78, 5) is 34.0. The number of amides is 2. The number of rotatable bonds is 6. The summed E-state index contributed by atoms with van der Waals surface area (Å²) in [5.74, 6) is 1.35. The van der Waals surface area contributed by atoms with Crippen LogP contribution in [0.15, 0.2) is 47.8 Å². The monoisotopic (exact) mass is 465 g/mol. The van der Waals surface area contributed by atoms with E-state index in [2.05, 4.69) is 4.98 Å². The minimum Gasteiger partial charge on any atom is -0.496 e. The molecule has 1 saturated heterocycles. The Labute approximate surface area is 197 Å². The second-order valence-corrected chi connectivity index (χ2v) is 8.62. The first-order valence-corrected chi connectivity index (χ1v) is 11.8. The zero-order valence-corrected chi connectivity index (χ0v) is 19.9. The van der Waals surface area contributed by atoms with Crippen LogP contribution in [0.3, 0.4) is 0 Å². The molecule has 0 unspecified atom stereocenters. The minimum atomic E-state index is -0.104. The van der Waals surface area contributed by atoms with E-state index in [1.165, 1.54) is 11.3 Å². The zero-order valence-electron chi connectivity index (χ0n) is 19.0.